The third kappa shape index (κ3) is 4.17. The Bertz CT molecular complexity index is 906. The first-order chi connectivity index (χ1) is 13.3. The third-order valence-corrected chi connectivity index (χ3v) is 7.35. The number of esters is 1. The lowest BCUT2D eigenvalue weighted by Crippen LogP contribution is -2.16. The van der Waals surface area contributed by atoms with Gasteiger partial charge in [-0.3, -0.25) is 9.59 Å². The molecule has 0 saturated heterocycles. The van der Waals surface area contributed by atoms with Crippen molar-refractivity contribution in [1.82, 2.24) is 0 Å². The number of alkyl halides is 1. The zero-order valence-corrected chi connectivity index (χ0v) is 18.4. The Morgan fingerprint density at radius 2 is 2.04 bits per heavy atom. The molecule has 0 unspecified atom stereocenters. The van der Waals surface area contributed by atoms with E-state index in [9.17, 15) is 9.59 Å². The van der Waals surface area contributed by atoms with Crippen LogP contribution in [0.5, 0.6) is 11.5 Å². The fourth-order valence-corrected chi connectivity index (χ4v) is 4.66. The number of ether oxygens (including phenoxy) is 3. The number of benzene rings is 1. The summed E-state index contributed by atoms with van der Waals surface area (Å²) >= 11 is 4.66. The SMILES string of the molecule is COC(=O)[C@@H](C)CC(=O)c1cc2c(F)c(OCC3(CBr)CC3)c(OC)cc2s1. The predicted molar refractivity (Wildman–Crippen MR) is 109 cm³/mol. The fourth-order valence-electron chi connectivity index (χ4n) is 2.90. The van der Waals surface area contributed by atoms with Crippen LogP contribution >= 0.6 is 27.3 Å². The Hall–Kier alpha value is -1.67. The van der Waals surface area contributed by atoms with E-state index in [0.29, 0.717) is 27.3 Å². The Kier molecular flexibility index (Phi) is 6.29. The molecule has 1 saturated carbocycles. The van der Waals surface area contributed by atoms with Gasteiger partial charge in [-0.15, -0.1) is 11.3 Å². The summed E-state index contributed by atoms with van der Waals surface area (Å²) in [6.07, 6.45) is 2.09. The Labute approximate surface area is 175 Å². The summed E-state index contributed by atoms with van der Waals surface area (Å²) in [7, 11) is 2.75. The molecular weight excluding hydrogens is 451 g/mol. The second-order valence-electron chi connectivity index (χ2n) is 7.22. The first-order valence-corrected chi connectivity index (χ1v) is 10.9. The summed E-state index contributed by atoms with van der Waals surface area (Å²) in [5, 5.41) is 1.13. The topological polar surface area (TPSA) is 61.8 Å². The van der Waals surface area contributed by atoms with E-state index >= 15 is 4.39 Å². The van der Waals surface area contributed by atoms with Gasteiger partial charge in [0.25, 0.3) is 0 Å². The largest absolute Gasteiger partial charge is 0.493 e. The van der Waals surface area contributed by atoms with Crippen molar-refractivity contribution in [3.8, 4) is 11.5 Å². The van der Waals surface area contributed by atoms with Crippen molar-refractivity contribution in [3.63, 3.8) is 0 Å². The number of halogens is 2. The van der Waals surface area contributed by atoms with Crippen molar-refractivity contribution >= 4 is 49.1 Å². The zero-order chi connectivity index (χ0) is 20.5. The highest BCUT2D eigenvalue weighted by Crippen LogP contribution is 2.48. The molecule has 0 spiro atoms. The maximum Gasteiger partial charge on any atom is 0.308 e. The molecule has 1 fully saturated rings. The van der Waals surface area contributed by atoms with Gasteiger partial charge < -0.3 is 14.2 Å². The molecule has 2 aromatic rings. The number of fused-ring (bicyclic) bond motifs is 1. The number of ketones is 1. The van der Waals surface area contributed by atoms with Crippen molar-refractivity contribution in [2.45, 2.75) is 26.2 Å². The monoisotopic (exact) mass is 472 g/mol. The molecule has 152 valence electrons. The van der Waals surface area contributed by atoms with Crippen molar-refractivity contribution < 1.29 is 28.2 Å². The highest BCUT2D eigenvalue weighted by molar-refractivity contribution is 9.09. The van der Waals surface area contributed by atoms with Crippen molar-refractivity contribution in [1.29, 1.82) is 0 Å². The summed E-state index contributed by atoms with van der Waals surface area (Å²) in [5.41, 5.74) is 0.0617. The Morgan fingerprint density at radius 3 is 2.61 bits per heavy atom. The van der Waals surface area contributed by atoms with E-state index in [4.69, 9.17) is 9.47 Å². The minimum atomic E-state index is -0.556. The summed E-state index contributed by atoms with van der Waals surface area (Å²) in [5.74, 6) is -1.38. The van der Waals surface area contributed by atoms with Crippen molar-refractivity contribution in [2.24, 2.45) is 11.3 Å². The molecule has 28 heavy (non-hydrogen) atoms. The van der Waals surface area contributed by atoms with Gasteiger partial charge in [0, 0.05) is 33.3 Å². The lowest BCUT2D eigenvalue weighted by atomic mass is 10.0. The van der Waals surface area contributed by atoms with Crippen LogP contribution < -0.4 is 9.47 Å². The second-order valence-corrected chi connectivity index (χ2v) is 8.86. The van der Waals surface area contributed by atoms with Gasteiger partial charge in [0.2, 0.25) is 0 Å². The molecule has 1 aliphatic rings. The van der Waals surface area contributed by atoms with Crippen LogP contribution in [0.2, 0.25) is 0 Å². The molecule has 0 radical (unpaired) electrons. The number of rotatable bonds is 9. The first kappa shape index (κ1) is 21.0. The smallest absolute Gasteiger partial charge is 0.308 e. The van der Waals surface area contributed by atoms with Crippen molar-refractivity contribution in [3.05, 3.63) is 22.8 Å². The highest BCUT2D eigenvalue weighted by atomic mass is 79.9. The summed E-state index contributed by atoms with van der Waals surface area (Å²) in [4.78, 5) is 24.5. The van der Waals surface area contributed by atoms with Crippen molar-refractivity contribution in [2.75, 3.05) is 26.2 Å². The van der Waals surface area contributed by atoms with Gasteiger partial charge in [-0.25, -0.2) is 4.39 Å². The number of thiophene rings is 1. The van der Waals surface area contributed by atoms with Crippen LogP contribution in [-0.2, 0) is 9.53 Å². The van der Waals surface area contributed by atoms with Gasteiger partial charge in [0.15, 0.2) is 23.1 Å². The minimum absolute atomic E-state index is 0.00930. The lowest BCUT2D eigenvalue weighted by molar-refractivity contribution is -0.144. The molecular formula is C20H22BrFO5S. The number of carbonyl (C=O) groups is 2. The van der Waals surface area contributed by atoms with Gasteiger partial charge in [0.1, 0.15) is 0 Å². The molecule has 0 amide bonds. The van der Waals surface area contributed by atoms with E-state index < -0.39 is 17.7 Å². The minimum Gasteiger partial charge on any atom is -0.493 e. The van der Waals surface area contributed by atoms with Gasteiger partial charge in [-0.05, 0) is 18.9 Å². The fraction of sp³-hybridized carbons (Fsp3) is 0.500. The normalized spacial score (nSPS) is 15.9. The molecule has 5 nitrogen and oxygen atoms in total. The van der Waals surface area contributed by atoms with Crippen LogP contribution in [0.15, 0.2) is 12.1 Å². The molecule has 1 aromatic heterocycles. The third-order valence-electron chi connectivity index (χ3n) is 5.04. The lowest BCUT2D eigenvalue weighted by Gasteiger charge is -2.16. The molecule has 1 aromatic carbocycles. The first-order valence-electron chi connectivity index (χ1n) is 8.94. The van der Waals surface area contributed by atoms with E-state index in [1.807, 2.05) is 0 Å². The average molecular weight is 473 g/mol. The van der Waals surface area contributed by atoms with Crippen LogP contribution in [0.25, 0.3) is 10.1 Å². The zero-order valence-electron chi connectivity index (χ0n) is 16.0. The molecule has 3 rings (SSSR count). The second kappa shape index (κ2) is 8.37. The number of methoxy groups -OCH3 is 2. The number of carbonyl (C=O) groups excluding carboxylic acids is 2. The molecule has 0 bridgehead atoms. The average Bonchev–Trinajstić information content (AvgIpc) is 3.35. The molecule has 1 atom stereocenters. The molecule has 0 aliphatic heterocycles. The van der Waals surface area contributed by atoms with E-state index in [1.165, 1.54) is 31.6 Å². The van der Waals surface area contributed by atoms with Crippen LogP contribution in [-0.4, -0.2) is 37.9 Å². The predicted octanol–water partition coefficient (Wildman–Crippen LogP) is 4.98. The van der Waals surface area contributed by atoms with E-state index in [1.54, 1.807) is 13.0 Å². The van der Waals surface area contributed by atoms with E-state index in [2.05, 4.69) is 20.7 Å². The molecule has 0 N–H and O–H groups in total. The van der Waals surface area contributed by atoms with E-state index in [-0.39, 0.29) is 23.4 Å². The summed E-state index contributed by atoms with van der Waals surface area (Å²) in [6.45, 7) is 2.04. The Morgan fingerprint density at radius 1 is 1.32 bits per heavy atom. The maximum absolute atomic E-state index is 15.1. The molecule has 1 heterocycles. The number of hydrogen-bond acceptors (Lipinski definition) is 6. The number of hydrogen-bond donors (Lipinski definition) is 0. The van der Waals surface area contributed by atoms with Crippen LogP contribution in [0.3, 0.4) is 0 Å². The maximum atomic E-state index is 15.1. The van der Waals surface area contributed by atoms with Crippen LogP contribution in [0.4, 0.5) is 4.39 Å². The quantitative estimate of drug-likeness (QED) is 0.292. The van der Waals surface area contributed by atoms with E-state index in [0.717, 1.165) is 18.2 Å². The molecule has 8 heteroatoms. The van der Waals surface area contributed by atoms with Crippen LogP contribution in [0, 0.1) is 17.2 Å². The van der Waals surface area contributed by atoms with Gasteiger partial charge in [-0.1, -0.05) is 22.9 Å². The molecule has 1 aliphatic carbocycles. The summed E-state index contributed by atoms with van der Waals surface area (Å²) < 4.78 is 31.5. The Balaban J connectivity index is 1.87. The van der Waals surface area contributed by atoms with Gasteiger partial charge in [-0.2, -0.15) is 0 Å². The summed E-state index contributed by atoms with van der Waals surface area (Å²) in [6, 6.07) is 3.21. The standard InChI is InChI=1S/C20H22BrFO5S/c1-11(19(24)26-3)6-13(23)16-7-12-15(28-16)8-14(25-2)18(17(12)22)27-10-20(9-21)4-5-20/h7-8,11H,4-6,9-10H2,1-3H3/t11-/m0/s1. The van der Waals surface area contributed by atoms with Crippen LogP contribution in [0.1, 0.15) is 35.9 Å². The number of Topliss-reactive ketones (excluding diaryl/α,β-unsaturated/α-hetero) is 1. The highest BCUT2D eigenvalue weighted by Gasteiger charge is 2.42. The van der Waals surface area contributed by atoms with Gasteiger partial charge in [0.05, 0.1) is 31.6 Å². The van der Waals surface area contributed by atoms with Gasteiger partial charge >= 0.3 is 5.97 Å².